The van der Waals surface area contributed by atoms with Gasteiger partial charge in [0, 0.05) is 24.8 Å². The second-order valence-corrected chi connectivity index (χ2v) is 6.34. The van der Waals surface area contributed by atoms with Crippen LogP contribution >= 0.6 is 0 Å². The van der Waals surface area contributed by atoms with Gasteiger partial charge in [-0.05, 0) is 24.0 Å². The fourth-order valence-electron chi connectivity index (χ4n) is 2.95. The largest absolute Gasteiger partial charge is 0.481 e. The summed E-state index contributed by atoms with van der Waals surface area (Å²) < 4.78 is 0. The highest BCUT2D eigenvalue weighted by Crippen LogP contribution is 2.20. The van der Waals surface area contributed by atoms with Crippen LogP contribution in [-0.4, -0.2) is 23.0 Å². The Morgan fingerprint density at radius 2 is 1.65 bits per heavy atom. The molecule has 0 heterocycles. The second kappa shape index (κ2) is 10.2. The molecule has 2 aromatic carbocycles. The standard InChI is InChI=1S/C22H25NO3/c1-2-18(19-11-7-4-8-12-19)16-21(24)23-20(13-14-22(25)26)15-17-9-5-3-6-10-17/h2-12,18,20H,1,13-16H2,(H,23,24)(H,25,26). The maximum Gasteiger partial charge on any atom is 0.303 e. The molecule has 0 saturated carbocycles. The van der Waals surface area contributed by atoms with E-state index in [9.17, 15) is 9.59 Å². The van der Waals surface area contributed by atoms with Crippen LogP contribution in [0.25, 0.3) is 0 Å². The van der Waals surface area contributed by atoms with Gasteiger partial charge in [0.1, 0.15) is 0 Å². The number of amides is 1. The Bertz CT molecular complexity index is 713. The summed E-state index contributed by atoms with van der Waals surface area (Å²) in [6.07, 6.45) is 3.12. The lowest BCUT2D eigenvalue weighted by Gasteiger charge is -2.20. The van der Waals surface area contributed by atoms with Crippen LogP contribution in [0.4, 0.5) is 0 Å². The molecule has 1 amide bonds. The molecule has 0 spiro atoms. The van der Waals surface area contributed by atoms with Gasteiger partial charge in [-0.1, -0.05) is 66.7 Å². The van der Waals surface area contributed by atoms with Crippen LogP contribution in [0, 0.1) is 0 Å². The van der Waals surface area contributed by atoms with Crippen molar-refractivity contribution in [1.82, 2.24) is 5.32 Å². The number of aliphatic carboxylic acids is 1. The summed E-state index contributed by atoms with van der Waals surface area (Å²) in [6.45, 7) is 3.84. The van der Waals surface area contributed by atoms with Gasteiger partial charge in [0.05, 0.1) is 0 Å². The molecular formula is C22H25NO3. The average molecular weight is 351 g/mol. The first-order valence-corrected chi connectivity index (χ1v) is 8.81. The van der Waals surface area contributed by atoms with Crippen LogP contribution in [0.1, 0.15) is 36.3 Å². The maximum absolute atomic E-state index is 12.5. The topological polar surface area (TPSA) is 66.4 Å². The van der Waals surface area contributed by atoms with Gasteiger partial charge in [0.2, 0.25) is 5.91 Å². The molecule has 0 bridgehead atoms. The molecule has 26 heavy (non-hydrogen) atoms. The van der Waals surface area contributed by atoms with E-state index in [4.69, 9.17) is 5.11 Å². The first kappa shape index (κ1) is 19.4. The molecular weight excluding hydrogens is 326 g/mol. The summed E-state index contributed by atoms with van der Waals surface area (Å²) in [5.74, 6) is -1.01. The van der Waals surface area contributed by atoms with E-state index in [1.165, 1.54) is 0 Å². The van der Waals surface area contributed by atoms with Crippen molar-refractivity contribution in [2.75, 3.05) is 0 Å². The van der Waals surface area contributed by atoms with Crippen molar-refractivity contribution in [3.8, 4) is 0 Å². The maximum atomic E-state index is 12.5. The number of hydrogen-bond donors (Lipinski definition) is 2. The Kier molecular flexibility index (Phi) is 7.62. The summed E-state index contributed by atoms with van der Waals surface area (Å²) in [7, 11) is 0. The fraction of sp³-hybridized carbons (Fsp3) is 0.273. The second-order valence-electron chi connectivity index (χ2n) is 6.34. The molecule has 2 N–H and O–H groups in total. The molecule has 0 aromatic heterocycles. The number of carbonyl (C=O) groups is 2. The summed E-state index contributed by atoms with van der Waals surface area (Å²) in [6, 6.07) is 19.3. The van der Waals surface area contributed by atoms with Crippen molar-refractivity contribution in [3.63, 3.8) is 0 Å². The summed E-state index contributed by atoms with van der Waals surface area (Å²) in [5, 5.41) is 12.0. The molecule has 2 atom stereocenters. The minimum atomic E-state index is -0.856. The summed E-state index contributed by atoms with van der Waals surface area (Å²) in [5.41, 5.74) is 2.12. The van der Waals surface area contributed by atoms with E-state index in [2.05, 4.69) is 11.9 Å². The quantitative estimate of drug-likeness (QED) is 0.637. The van der Waals surface area contributed by atoms with Gasteiger partial charge in [-0.2, -0.15) is 0 Å². The third-order valence-corrected chi connectivity index (χ3v) is 4.31. The van der Waals surface area contributed by atoms with E-state index >= 15 is 0 Å². The van der Waals surface area contributed by atoms with Gasteiger partial charge in [-0.15, -0.1) is 6.58 Å². The number of nitrogens with one attached hydrogen (secondary N) is 1. The first-order valence-electron chi connectivity index (χ1n) is 8.81. The molecule has 4 heteroatoms. The van der Waals surface area contributed by atoms with E-state index in [0.717, 1.165) is 11.1 Å². The Labute approximate surface area is 154 Å². The molecule has 0 aliphatic rings. The third kappa shape index (κ3) is 6.55. The van der Waals surface area contributed by atoms with Crippen LogP contribution in [0.2, 0.25) is 0 Å². The fourth-order valence-corrected chi connectivity index (χ4v) is 2.95. The van der Waals surface area contributed by atoms with Crippen LogP contribution in [-0.2, 0) is 16.0 Å². The van der Waals surface area contributed by atoms with Gasteiger partial charge in [-0.25, -0.2) is 0 Å². The monoisotopic (exact) mass is 351 g/mol. The molecule has 136 valence electrons. The van der Waals surface area contributed by atoms with Gasteiger partial charge < -0.3 is 10.4 Å². The third-order valence-electron chi connectivity index (χ3n) is 4.31. The summed E-state index contributed by atoms with van der Waals surface area (Å²) >= 11 is 0. The number of carboxylic acids is 1. The lowest BCUT2D eigenvalue weighted by Crippen LogP contribution is -2.37. The molecule has 0 saturated heterocycles. The first-order chi connectivity index (χ1) is 12.6. The van der Waals surface area contributed by atoms with E-state index in [1.807, 2.05) is 60.7 Å². The Morgan fingerprint density at radius 1 is 1.04 bits per heavy atom. The number of allylic oxidation sites excluding steroid dienone is 1. The number of carbonyl (C=O) groups excluding carboxylic acids is 1. The van der Waals surface area contributed by atoms with Crippen molar-refractivity contribution < 1.29 is 14.7 Å². The lowest BCUT2D eigenvalue weighted by atomic mass is 9.95. The number of rotatable bonds is 10. The smallest absolute Gasteiger partial charge is 0.303 e. The molecule has 0 fully saturated rings. The Morgan fingerprint density at radius 3 is 2.23 bits per heavy atom. The van der Waals surface area contributed by atoms with Crippen molar-refractivity contribution in [2.24, 2.45) is 0 Å². The molecule has 2 rings (SSSR count). The Hall–Kier alpha value is -2.88. The summed E-state index contributed by atoms with van der Waals surface area (Å²) in [4.78, 5) is 23.4. The highest BCUT2D eigenvalue weighted by Gasteiger charge is 2.18. The average Bonchev–Trinajstić information content (AvgIpc) is 2.65. The molecule has 4 nitrogen and oxygen atoms in total. The van der Waals surface area contributed by atoms with Gasteiger partial charge in [0.25, 0.3) is 0 Å². The van der Waals surface area contributed by atoms with Crippen LogP contribution in [0.5, 0.6) is 0 Å². The predicted octanol–water partition coefficient (Wildman–Crippen LogP) is 3.94. The molecule has 0 aliphatic heterocycles. The van der Waals surface area contributed by atoms with Gasteiger partial charge in [-0.3, -0.25) is 9.59 Å². The Balaban J connectivity index is 1.99. The predicted molar refractivity (Wildman–Crippen MR) is 103 cm³/mol. The minimum Gasteiger partial charge on any atom is -0.481 e. The normalized spacial score (nSPS) is 12.8. The highest BCUT2D eigenvalue weighted by molar-refractivity contribution is 5.77. The number of hydrogen-bond acceptors (Lipinski definition) is 2. The van der Waals surface area contributed by atoms with Gasteiger partial charge in [0.15, 0.2) is 0 Å². The van der Waals surface area contributed by atoms with E-state index in [-0.39, 0.29) is 24.3 Å². The van der Waals surface area contributed by atoms with Crippen LogP contribution < -0.4 is 5.32 Å². The highest BCUT2D eigenvalue weighted by atomic mass is 16.4. The zero-order valence-electron chi connectivity index (χ0n) is 14.8. The van der Waals surface area contributed by atoms with Crippen LogP contribution in [0.15, 0.2) is 73.3 Å². The van der Waals surface area contributed by atoms with Crippen molar-refractivity contribution in [2.45, 2.75) is 37.6 Å². The number of carboxylic acid groups (broad SMARTS) is 1. The van der Waals surface area contributed by atoms with E-state index in [1.54, 1.807) is 6.08 Å². The molecule has 2 aromatic rings. The molecule has 0 aliphatic carbocycles. The van der Waals surface area contributed by atoms with E-state index in [0.29, 0.717) is 19.3 Å². The van der Waals surface area contributed by atoms with Crippen molar-refractivity contribution in [1.29, 1.82) is 0 Å². The van der Waals surface area contributed by atoms with E-state index < -0.39 is 5.97 Å². The van der Waals surface area contributed by atoms with Gasteiger partial charge >= 0.3 is 5.97 Å². The van der Waals surface area contributed by atoms with Crippen molar-refractivity contribution >= 4 is 11.9 Å². The van der Waals surface area contributed by atoms with Crippen molar-refractivity contribution in [3.05, 3.63) is 84.4 Å². The van der Waals surface area contributed by atoms with Crippen LogP contribution in [0.3, 0.4) is 0 Å². The minimum absolute atomic E-state index is 0.0291. The zero-order chi connectivity index (χ0) is 18.8. The molecule has 0 radical (unpaired) electrons. The molecule has 2 unspecified atom stereocenters. The lowest BCUT2D eigenvalue weighted by molar-refractivity contribution is -0.137. The SMILES string of the molecule is C=CC(CC(=O)NC(CCC(=O)O)Cc1ccccc1)c1ccccc1. The number of benzene rings is 2. The zero-order valence-corrected chi connectivity index (χ0v) is 14.8.